The topological polar surface area (TPSA) is 117 Å². The molecule has 0 aliphatic rings. The Hall–Kier alpha value is -0.500. The van der Waals surface area contributed by atoms with Crippen molar-refractivity contribution in [1.29, 1.82) is 0 Å². The molecule has 0 aliphatic heterocycles. The molecule has 0 heterocycles. The number of esters is 1. The van der Waals surface area contributed by atoms with Crippen LogP contribution in [0.2, 0.25) is 0 Å². The van der Waals surface area contributed by atoms with Crippen molar-refractivity contribution >= 4 is 13.8 Å². The fourth-order valence-corrected chi connectivity index (χ4v) is 3.76. The number of rotatable bonds is 23. The Labute approximate surface area is 189 Å². The largest absolute Gasteiger partial charge is 0.472 e. The molecule has 0 aromatic heterocycles. The van der Waals surface area contributed by atoms with E-state index in [0.29, 0.717) is 13.0 Å². The van der Waals surface area contributed by atoms with E-state index in [2.05, 4.69) is 13.8 Å². The molecule has 2 atom stereocenters. The molecule has 0 spiro atoms. The number of hydrogen-bond donors (Lipinski definition) is 2. The highest BCUT2D eigenvalue weighted by atomic mass is 31.2. The Kier molecular flexibility index (Phi) is 21.0. The van der Waals surface area contributed by atoms with E-state index in [-0.39, 0.29) is 32.3 Å². The van der Waals surface area contributed by atoms with Crippen LogP contribution in [0.1, 0.15) is 97.3 Å². The number of carbonyl (C=O) groups is 1. The minimum absolute atomic E-state index is 0.0929. The monoisotopic (exact) mass is 467 g/mol. The third kappa shape index (κ3) is 21.1. The van der Waals surface area contributed by atoms with E-state index in [0.717, 1.165) is 32.1 Å². The van der Waals surface area contributed by atoms with E-state index in [4.69, 9.17) is 24.3 Å². The molecule has 0 aliphatic carbocycles. The predicted octanol–water partition coefficient (Wildman–Crippen LogP) is 5.12. The molecular formula is C22H46NO7P. The zero-order valence-corrected chi connectivity index (χ0v) is 20.6. The van der Waals surface area contributed by atoms with Crippen LogP contribution in [-0.4, -0.2) is 49.9 Å². The molecule has 0 aromatic rings. The summed E-state index contributed by atoms with van der Waals surface area (Å²) in [6, 6.07) is 0. The minimum atomic E-state index is -4.23. The second kappa shape index (κ2) is 21.4. The van der Waals surface area contributed by atoms with Crippen molar-refractivity contribution < 1.29 is 32.8 Å². The van der Waals surface area contributed by atoms with Crippen molar-refractivity contribution in [2.45, 2.75) is 103 Å². The highest BCUT2D eigenvalue weighted by Crippen LogP contribution is 2.43. The van der Waals surface area contributed by atoms with Crippen LogP contribution in [0.4, 0.5) is 0 Å². The lowest BCUT2D eigenvalue weighted by atomic mass is 10.1. The molecule has 0 fully saturated rings. The van der Waals surface area contributed by atoms with Gasteiger partial charge >= 0.3 is 13.8 Å². The average molecular weight is 468 g/mol. The minimum Gasteiger partial charge on any atom is -0.457 e. The number of unbranched alkanes of at least 4 members (excludes halogenated alkanes) is 10. The van der Waals surface area contributed by atoms with Crippen molar-refractivity contribution in [3.8, 4) is 0 Å². The summed E-state index contributed by atoms with van der Waals surface area (Å²) in [6.07, 6.45) is 13.3. The summed E-state index contributed by atoms with van der Waals surface area (Å²) in [5, 5.41) is 0. The molecule has 0 amide bonds. The van der Waals surface area contributed by atoms with Crippen LogP contribution in [0.15, 0.2) is 0 Å². The van der Waals surface area contributed by atoms with Crippen LogP contribution in [0, 0.1) is 0 Å². The first kappa shape index (κ1) is 30.5. The molecule has 3 N–H and O–H groups in total. The molecule has 0 saturated heterocycles. The highest BCUT2D eigenvalue weighted by molar-refractivity contribution is 7.47. The standard InChI is InChI=1S/C22H46NO7P/c1-3-5-7-8-9-10-11-12-14-17-27-19-21(30-22(24)15-13-6-4-2)20-29-31(25,26)28-18-16-23/h21H,3-20,23H2,1-2H3,(H,25,26). The molecule has 0 aromatic carbocycles. The first-order valence-electron chi connectivity index (χ1n) is 12.0. The highest BCUT2D eigenvalue weighted by Gasteiger charge is 2.25. The molecule has 0 rings (SSSR count). The van der Waals surface area contributed by atoms with Gasteiger partial charge in [0.2, 0.25) is 0 Å². The van der Waals surface area contributed by atoms with Crippen LogP contribution < -0.4 is 5.73 Å². The Morgan fingerprint density at radius 3 is 2.03 bits per heavy atom. The molecule has 9 heteroatoms. The molecule has 186 valence electrons. The van der Waals surface area contributed by atoms with Gasteiger partial charge in [0.05, 0.1) is 19.8 Å². The Morgan fingerprint density at radius 2 is 1.42 bits per heavy atom. The van der Waals surface area contributed by atoms with Crippen LogP contribution in [-0.2, 0) is 27.9 Å². The summed E-state index contributed by atoms with van der Waals surface area (Å²) < 4.78 is 32.5. The molecule has 0 radical (unpaired) electrons. The summed E-state index contributed by atoms with van der Waals surface area (Å²) in [5.41, 5.74) is 5.27. The van der Waals surface area contributed by atoms with Crippen molar-refractivity contribution in [2.75, 3.05) is 33.0 Å². The third-order valence-corrected chi connectivity index (χ3v) is 5.76. The van der Waals surface area contributed by atoms with Gasteiger partial charge in [-0.3, -0.25) is 13.8 Å². The van der Waals surface area contributed by atoms with Crippen molar-refractivity contribution in [3.63, 3.8) is 0 Å². The maximum Gasteiger partial charge on any atom is 0.472 e. The van der Waals surface area contributed by atoms with E-state index in [9.17, 15) is 14.3 Å². The summed E-state index contributed by atoms with van der Waals surface area (Å²) in [4.78, 5) is 21.6. The predicted molar refractivity (Wildman–Crippen MR) is 123 cm³/mol. The van der Waals surface area contributed by atoms with Crippen LogP contribution in [0.5, 0.6) is 0 Å². The maximum atomic E-state index is 12.0. The maximum absolute atomic E-state index is 12.0. The fraction of sp³-hybridized carbons (Fsp3) is 0.955. The first-order valence-corrected chi connectivity index (χ1v) is 13.5. The number of nitrogens with two attached hydrogens (primary N) is 1. The van der Waals surface area contributed by atoms with Crippen LogP contribution >= 0.6 is 7.82 Å². The first-order chi connectivity index (χ1) is 14.9. The number of phosphoric acid groups is 1. The van der Waals surface area contributed by atoms with Gasteiger partial charge in [0.25, 0.3) is 0 Å². The van der Waals surface area contributed by atoms with Crippen LogP contribution in [0.25, 0.3) is 0 Å². The zero-order valence-electron chi connectivity index (χ0n) is 19.7. The molecule has 8 nitrogen and oxygen atoms in total. The average Bonchev–Trinajstić information content (AvgIpc) is 2.74. The number of phosphoric ester groups is 1. The third-order valence-electron chi connectivity index (χ3n) is 4.77. The molecular weight excluding hydrogens is 421 g/mol. The van der Waals surface area contributed by atoms with Gasteiger partial charge in [-0.2, -0.15) is 0 Å². The lowest BCUT2D eigenvalue weighted by Gasteiger charge is -2.20. The second-order valence-corrected chi connectivity index (χ2v) is 9.31. The van der Waals surface area contributed by atoms with E-state index in [1.165, 1.54) is 44.9 Å². The quantitative estimate of drug-likeness (QED) is 0.121. The number of hydrogen-bond acceptors (Lipinski definition) is 7. The summed E-state index contributed by atoms with van der Waals surface area (Å²) >= 11 is 0. The summed E-state index contributed by atoms with van der Waals surface area (Å²) in [7, 11) is -4.23. The van der Waals surface area contributed by atoms with E-state index >= 15 is 0 Å². The molecule has 2 unspecified atom stereocenters. The Bertz CT molecular complexity index is 465. The zero-order chi connectivity index (χ0) is 23.2. The van der Waals surface area contributed by atoms with Gasteiger partial charge in [-0.05, 0) is 12.8 Å². The molecule has 31 heavy (non-hydrogen) atoms. The Balaban J connectivity index is 4.14. The summed E-state index contributed by atoms with van der Waals surface area (Å²) in [5.74, 6) is -0.357. The fourth-order valence-electron chi connectivity index (χ4n) is 2.99. The van der Waals surface area contributed by atoms with Crippen molar-refractivity contribution in [2.24, 2.45) is 5.73 Å². The molecule has 0 saturated carbocycles. The molecule has 0 bridgehead atoms. The Morgan fingerprint density at radius 1 is 0.839 bits per heavy atom. The smallest absolute Gasteiger partial charge is 0.457 e. The van der Waals surface area contributed by atoms with Crippen molar-refractivity contribution in [3.05, 3.63) is 0 Å². The number of carbonyl (C=O) groups excluding carboxylic acids is 1. The SMILES string of the molecule is CCCCCCCCCCCOCC(COP(=O)(O)OCCN)OC(=O)CCCCC. The summed E-state index contributed by atoms with van der Waals surface area (Å²) in [6.45, 7) is 4.70. The van der Waals surface area contributed by atoms with Gasteiger partial charge in [0.15, 0.2) is 0 Å². The lowest BCUT2D eigenvalue weighted by molar-refractivity contribution is -0.154. The van der Waals surface area contributed by atoms with Crippen molar-refractivity contribution in [1.82, 2.24) is 0 Å². The van der Waals surface area contributed by atoms with Gasteiger partial charge in [-0.25, -0.2) is 4.57 Å². The van der Waals surface area contributed by atoms with Gasteiger partial charge in [0, 0.05) is 19.6 Å². The number of ether oxygens (including phenoxy) is 2. The lowest BCUT2D eigenvalue weighted by Crippen LogP contribution is -2.28. The van der Waals surface area contributed by atoms with Gasteiger partial charge < -0.3 is 20.1 Å². The van der Waals surface area contributed by atoms with E-state index in [1.54, 1.807) is 0 Å². The normalized spacial score (nSPS) is 14.3. The van der Waals surface area contributed by atoms with Gasteiger partial charge in [-0.1, -0.05) is 78.1 Å². The van der Waals surface area contributed by atoms with E-state index in [1.807, 2.05) is 0 Å². The van der Waals surface area contributed by atoms with Gasteiger partial charge in [0.1, 0.15) is 6.10 Å². The second-order valence-electron chi connectivity index (χ2n) is 7.86. The van der Waals surface area contributed by atoms with Crippen LogP contribution in [0.3, 0.4) is 0 Å². The van der Waals surface area contributed by atoms with Gasteiger partial charge in [-0.15, -0.1) is 0 Å². The van der Waals surface area contributed by atoms with E-state index < -0.39 is 13.9 Å².